The lowest BCUT2D eigenvalue weighted by Gasteiger charge is -2.15. The molecule has 7 nitrogen and oxygen atoms in total. The molecular formula is C25H30N6OS. The van der Waals surface area contributed by atoms with Gasteiger partial charge in [-0.25, -0.2) is 9.97 Å². The maximum absolute atomic E-state index is 5.55. The van der Waals surface area contributed by atoms with Crippen molar-refractivity contribution in [3.63, 3.8) is 0 Å². The van der Waals surface area contributed by atoms with Crippen molar-refractivity contribution in [2.45, 2.75) is 34.1 Å². The smallest absolute Gasteiger partial charge is 0.229 e. The van der Waals surface area contributed by atoms with Crippen LogP contribution < -0.4 is 20.7 Å². The summed E-state index contributed by atoms with van der Waals surface area (Å²) in [5.41, 5.74) is 6.17. The Morgan fingerprint density at radius 3 is 2.27 bits per heavy atom. The van der Waals surface area contributed by atoms with Crippen LogP contribution in [0.4, 0.5) is 11.6 Å². The van der Waals surface area contributed by atoms with Crippen molar-refractivity contribution in [3.05, 3.63) is 76.6 Å². The fourth-order valence-corrected chi connectivity index (χ4v) is 3.51. The first kappa shape index (κ1) is 24.1. The highest BCUT2D eigenvalue weighted by molar-refractivity contribution is 7.80. The second kappa shape index (κ2) is 11.4. The molecule has 1 aromatic heterocycles. The van der Waals surface area contributed by atoms with E-state index in [2.05, 4.69) is 38.9 Å². The summed E-state index contributed by atoms with van der Waals surface area (Å²) >= 11 is 5.55. The topological polar surface area (TPSA) is 83.5 Å². The van der Waals surface area contributed by atoms with Crippen LogP contribution in [0.25, 0.3) is 0 Å². The average Bonchev–Trinajstić information content (AvgIpc) is 2.75. The second-order valence-corrected chi connectivity index (χ2v) is 8.23. The lowest BCUT2D eigenvalue weighted by molar-refractivity contribution is 0.414. The van der Waals surface area contributed by atoms with E-state index < -0.39 is 0 Å². The molecule has 0 unspecified atom stereocenters. The number of thiocarbonyl (C=S) groups is 1. The summed E-state index contributed by atoms with van der Waals surface area (Å²) in [4.78, 5) is 13.6. The van der Waals surface area contributed by atoms with Gasteiger partial charge in [0.1, 0.15) is 5.75 Å². The molecule has 3 aromatic rings. The zero-order chi connectivity index (χ0) is 23.8. The van der Waals surface area contributed by atoms with Crippen molar-refractivity contribution < 1.29 is 4.74 Å². The maximum Gasteiger partial charge on any atom is 0.229 e. The number of aromatic nitrogens is 2. The van der Waals surface area contributed by atoms with Crippen LogP contribution in [0.5, 0.6) is 5.75 Å². The molecule has 0 saturated heterocycles. The van der Waals surface area contributed by atoms with Gasteiger partial charge >= 0.3 is 0 Å². The molecule has 33 heavy (non-hydrogen) atoms. The average molecular weight is 463 g/mol. The Balaban J connectivity index is 1.73. The molecular weight excluding hydrogens is 432 g/mol. The summed E-state index contributed by atoms with van der Waals surface area (Å²) in [5, 5.41) is 10.0. The van der Waals surface area contributed by atoms with E-state index >= 15 is 0 Å². The van der Waals surface area contributed by atoms with Gasteiger partial charge in [-0.1, -0.05) is 29.8 Å². The summed E-state index contributed by atoms with van der Waals surface area (Å²) in [6.45, 7) is 8.52. The number of methoxy groups -OCH3 is 1. The molecule has 0 aliphatic carbocycles. The number of anilines is 2. The van der Waals surface area contributed by atoms with Crippen molar-refractivity contribution >= 4 is 34.9 Å². The molecule has 3 N–H and O–H groups in total. The fraction of sp³-hybridized carbons (Fsp3) is 0.280. The SMILES string of the molecule is COc1ccc(CCN=C(NC(=S)Nc2ccc(C)cc2C)Nc2nc(C)cc(C)n2)cc1. The first-order chi connectivity index (χ1) is 15.8. The van der Waals surface area contributed by atoms with Gasteiger partial charge in [0.2, 0.25) is 11.9 Å². The molecule has 8 heteroatoms. The Bertz CT molecular complexity index is 1120. The van der Waals surface area contributed by atoms with E-state index in [9.17, 15) is 0 Å². The number of aliphatic imine (C=N–C) groups is 1. The quantitative estimate of drug-likeness (QED) is 0.278. The Hall–Kier alpha value is -3.52. The molecule has 0 bridgehead atoms. The van der Waals surface area contributed by atoms with E-state index in [1.54, 1.807) is 7.11 Å². The lowest BCUT2D eigenvalue weighted by Crippen LogP contribution is -2.39. The Labute approximate surface area is 200 Å². The molecule has 0 saturated carbocycles. The number of aryl methyl sites for hydroxylation is 4. The first-order valence-corrected chi connectivity index (χ1v) is 11.1. The van der Waals surface area contributed by atoms with Gasteiger partial charge in [-0.05, 0) is 81.7 Å². The molecule has 0 aliphatic rings. The van der Waals surface area contributed by atoms with Gasteiger partial charge in [0.15, 0.2) is 5.11 Å². The second-order valence-electron chi connectivity index (χ2n) is 7.83. The van der Waals surface area contributed by atoms with Crippen LogP contribution in [0.1, 0.15) is 28.1 Å². The summed E-state index contributed by atoms with van der Waals surface area (Å²) in [6.07, 6.45) is 0.766. The Morgan fingerprint density at radius 1 is 0.939 bits per heavy atom. The molecule has 2 aromatic carbocycles. The summed E-state index contributed by atoms with van der Waals surface area (Å²) in [7, 11) is 1.66. The van der Waals surface area contributed by atoms with Crippen LogP contribution in [0.3, 0.4) is 0 Å². The normalized spacial score (nSPS) is 11.1. The van der Waals surface area contributed by atoms with Crippen LogP contribution in [-0.2, 0) is 6.42 Å². The molecule has 172 valence electrons. The lowest BCUT2D eigenvalue weighted by atomic mass is 10.1. The van der Waals surface area contributed by atoms with Crippen LogP contribution in [0, 0.1) is 27.7 Å². The zero-order valence-corrected chi connectivity index (χ0v) is 20.5. The number of guanidine groups is 1. The fourth-order valence-electron chi connectivity index (χ4n) is 3.30. The highest BCUT2D eigenvalue weighted by atomic mass is 32.1. The first-order valence-electron chi connectivity index (χ1n) is 10.7. The van der Waals surface area contributed by atoms with Gasteiger partial charge in [0.25, 0.3) is 0 Å². The van der Waals surface area contributed by atoms with E-state index in [0.29, 0.717) is 23.6 Å². The van der Waals surface area contributed by atoms with Crippen LogP contribution in [0.15, 0.2) is 53.5 Å². The predicted octanol–water partition coefficient (Wildman–Crippen LogP) is 4.72. The maximum atomic E-state index is 5.55. The van der Waals surface area contributed by atoms with Crippen LogP contribution in [-0.4, -0.2) is 34.7 Å². The number of benzene rings is 2. The van der Waals surface area contributed by atoms with E-state index in [-0.39, 0.29) is 0 Å². The molecule has 1 heterocycles. The third-order valence-corrected chi connectivity index (χ3v) is 5.11. The number of hydrogen-bond donors (Lipinski definition) is 3. The Kier molecular flexibility index (Phi) is 8.32. The monoisotopic (exact) mass is 462 g/mol. The predicted molar refractivity (Wildman–Crippen MR) is 139 cm³/mol. The highest BCUT2D eigenvalue weighted by Crippen LogP contribution is 2.16. The van der Waals surface area contributed by atoms with Crippen molar-refractivity contribution in [3.8, 4) is 5.75 Å². The van der Waals surface area contributed by atoms with Gasteiger partial charge < -0.3 is 15.4 Å². The highest BCUT2D eigenvalue weighted by Gasteiger charge is 2.08. The van der Waals surface area contributed by atoms with Crippen molar-refractivity contribution in [2.24, 2.45) is 4.99 Å². The van der Waals surface area contributed by atoms with E-state index in [1.165, 1.54) is 5.56 Å². The molecule has 0 fully saturated rings. The zero-order valence-electron chi connectivity index (χ0n) is 19.7. The van der Waals surface area contributed by atoms with Gasteiger partial charge in [-0.2, -0.15) is 0 Å². The minimum absolute atomic E-state index is 0.432. The van der Waals surface area contributed by atoms with Gasteiger partial charge in [0.05, 0.1) is 7.11 Å². The molecule has 3 rings (SSSR count). The van der Waals surface area contributed by atoms with Gasteiger partial charge in [0, 0.05) is 23.6 Å². The number of rotatable bonds is 6. The molecule has 0 amide bonds. The number of nitrogens with zero attached hydrogens (tertiary/aromatic N) is 3. The molecule has 0 aliphatic heterocycles. The van der Waals surface area contributed by atoms with E-state index in [0.717, 1.165) is 40.4 Å². The molecule has 0 atom stereocenters. The Morgan fingerprint density at radius 2 is 1.64 bits per heavy atom. The summed E-state index contributed by atoms with van der Waals surface area (Å²) in [5.74, 6) is 1.79. The van der Waals surface area contributed by atoms with Crippen molar-refractivity contribution in [2.75, 3.05) is 24.3 Å². The third kappa shape index (κ3) is 7.54. The van der Waals surface area contributed by atoms with Gasteiger partial charge in [-0.3, -0.25) is 10.3 Å². The minimum atomic E-state index is 0.432. The van der Waals surface area contributed by atoms with E-state index in [1.807, 2.05) is 63.2 Å². The number of nitrogens with one attached hydrogen (secondary N) is 3. The summed E-state index contributed by atoms with van der Waals surface area (Å²) in [6, 6.07) is 16.1. The van der Waals surface area contributed by atoms with Gasteiger partial charge in [-0.15, -0.1) is 0 Å². The number of hydrogen-bond acceptors (Lipinski definition) is 5. The molecule has 0 radical (unpaired) electrons. The minimum Gasteiger partial charge on any atom is -0.497 e. The third-order valence-electron chi connectivity index (χ3n) is 4.90. The van der Waals surface area contributed by atoms with Crippen molar-refractivity contribution in [1.29, 1.82) is 0 Å². The number of ether oxygens (including phenoxy) is 1. The largest absolute Gasteiger partial charge is 0.497 e. The van der Waals surface area contributed by atoms with Crippen LogP contribution >= 0.6 is 12.2 Å². The molecule has 0 spiro atoms. The van der Waals surface area contributed by atoms with Crippen LogP contribution in [0.2, 0.25) is 0 Å². The summed E-state index contributed by atoms with van der Waals surface area (Å²) < 4.78 is 5.22. The van der Waals surface area contributed by atoms with E-state index in [4.69, 9.17) is 21.9 Å². The standard InChI is InChI=1S/C25H30N6OS/c1-16-6-11-22(17(2)14-16)29-25(33)31-23(30-24-27-18(3)15-19(4)28-24)26-13-12-20-7-9-21(32-5)10-8-20/h6-11,14-15H,12-13H2,1-5H3,(H3,26,27,28,29,30,31,33). The van der Waals surface area contributed by atoms with Crippen molar-refractivity contribution in [1.82, 2.24) is 15.3 Å².